The van der Waals surface area contributed by atoms with Crippen LogP contribution in [0.4, 0.5) is 17.6 Å². The second-order valence-electron chi connectivity index (χ2n) is 8.65. The molecule has 0 spiro atoms. The van der Waals surface area contributed by atoms with Gasteiger partial charge in [0.15, 0.2) is 11.6 Å². The lowest BCUT2D eigenvalue weighted by atomic mass is 9.97. The standard InChI is InChI=1S/C31H20F4N2O6/c1-3-14-41-28(38)20-10-8-19(9-11-20)27-36-16-22(17-37-27)43-30(40)25-15-21(29(39)42-18(2)31(33,34)35)12-13-23(25)24-6-4-5-7-26(24)32/h3-13,15-17H,1-2,14H2. The molecule has 0 aliphatic carbocycles. The lowest BCUT2D eigenvalue weighted by Gasteiger charge is -2.13. The maximum absolute atomic E-state index is 14.6. The molecule has 4 aromatic rings. The second kappa shape index (κ2) is 12.9. The number of allylic oxidation sites excluding steroid dienone is 1. The maximum Gasteiger partial charge on any atom is 0.449 e. The van der Waals surface area contributed by atoms with Gasteiger partial charge in [-0.2, -0.15) is 13.2 Å². The third-order valence-electron chi connectivity index (χ3n) is 5.72. The van der Waals surface area contributed by atoms with E-state index in [2.05, 4.69) is 27.9 Å². The van der Waals surface area contributed by atoms with Gasteiger partial charge in [0.25, 0.3) is 0 Å². The highest BCUT2D eigenvalue weighted by Gasteiger charge is 2.36. The van der Waals surface area contributed by atoms with Gasteiger partial charge in [0.1, 0.15) is 12.4 Å². The van der Waals surface area contributed by atoms with Crippen molar-refractivity contribution in [3.63, 3.8) is 0 Å². The summed E-state index contributed by atoms with van der Waals surface area (Å²) in [6.07, 6.45) is -1.19. The van der Waals surface area contributed by atoms with Crippen LogP contribution in [0.25, 0.3) is 22.5 Å². The summed E-state index contributed by atoms with van der Waals surface area (Å²) < 4.78 is 67.6. The van der Waals surface area contributed by atoms with E-state index in [4.69, 9.17) is 9.47 Å². The molecule has 0 fully saturated rings. The minimum absolute atomic E-state index is 0.00135. The molecule has 3 aromatic carbocycles. The van der Waals surface area contributed by atoms with Gasteiger partial charge in [-0.1, -0.05) is 55.6 Å². The summed E-state index contributed by atoms with van der Waals surface area (Å²) in [6.45, 7) is 6.22. The van der Waals surface area contributed by atoms with Crippen molar-refractivity contribution < 1.29 is 46.2 Å². The maximum atomic E-state index is 14.6. The fourth-order valence-electron chi connectivity index (χ4n) is 3.64. The summed E-state index contributed by atoms with van der Waals surface area (Å²) in [5.41, 5.74) is 0.0133. The van der Waals surface area contributed by atoms with Crippen LogP contribution in [-0.2, 0) is 9.47 Å². The molecule has 218 valence electrons. The van der Waals surface area contributed by atoms with E-state index in [1.807, 2.05) is 0 Å². The summed E-state index contributed by atoms with van der Waals surface area (Å²) in [7, 11) is 0. The molecule has 0 radical (unpaired) electrons. The first-order valence-corrected chi connectivity index (χ1v) is 12.3. The number of rotatable bonds is 9. The van der Waals surface area contributed by atoms with Crippen LogP contribution in [0.3, 0.4) is 0 Å². The fourth-order valence-corrected chi connectivity index (χ4v) is 3.64. The van der Waals surface area contributed by atoms with Crippen molar-refractivity contribution in [3.05, 3.63) is 127 Å². The third kappa shape index (κ3) is 7.36. The molecule has 0 aliphatic heterocycles. The zero-order valence-electron chi connectivity index (χ0n) is 22.1. The van der Waals surface area contributed by atoms with Crippen LogP contribution in [0, 0.1) is 5.82 Å². The lowest BCUT2D eigenvalue weighted by Crippen LogP contribution is -2.18. The molecule has 12 heteroatoms. The molecule has 0 atom stereocenters. The summed E-state index contributed by atoms with van der Waals surface area (Å²) >= 11 is 0. The summed E-state index contributed by atoms with van der Waals surface area (Å²) in [5, 5.41) is 0. The normalized spacial score (nSPS) is 10.9. The number of alkyl halides is 3. The quantitative estimate of drug-likeness (QED) is 0.0911. The Morgan fingerprint density at radius 3 is 2.12 bits per heavy atom. The first kappa shape index (κ1) is 30.3. The first-order valence-electron chi connectivity index (χ1n) is 12.3. The molecular weight excluding hydrogens is 572 g/mol. The monoisotopic (exact) mass is 592 g/mol. The van der Waals surface area contributed by atoms with E-state index in [1.165, 1.54) is 54.9 Å². The highest BCUT2D eigenvalue weighted by molar-refractivity contribution is 6.02. The zero-order chi connectivity index (χ0) is 31.1. The number of halogens is 4. The van der Waals surface area contributed by atoms with Gasteiger partial charge in [0, 0.05) is 11.1 Å². The molecule has 1 heterocycles. The summed E-state index contributed by atoms with van der Waals surface area (Å²) in [6, 6.07) is 14.8. The van der Waals surface area contributed by atoms with E-state index >= 15 is 0 Å². The molecule has 43 heavy (non-hydrogen) atoms. The van der Waals surface area contributed by atoms with Gasteiger partial charge in [-0.15, -0.1) is 0 Å². The number of aromatic nitrogens is 2. The molecule has 0 saturated heterocycles. The minimum atomic E-state index is -4.99. The highest BCUT2D eigenvalue weighted by atomic mass is 19.4. The first-order chi connectivity index (χ1) is 20.5. The Balaban J connectivity index is 1.58. The number of carbonyl (C=O) groups excluding carboxylic acids is 3. The van der Waals surface area contributed by atoms with Crippen LogP contribution in [0.15, 0.2) is 104 Å². The van der Waals surface area contributed by atoms with Gasteiger partial charge in [-0.3, -0.25) is 0 Å². The van der Waals surface area contributed by atoms with Crippen LogP contribution in [-0.4, -0.2) is 40.7 Å². The van der Waals surface area contributed by atoms with Crippen LogP contribution in [0.5, 0.6) is 5.75 Å². The fraction of sp³-hybridized carbons (Fsp3) is 0.0645. The van der Waals surface area contributed by atoms with Crippen molar-refractivity contribution in [2.75, 3.05) is 6.61 Å². The van der Waals surface area contributed by atoms with Crippen molar-refractivity contribution in [2.24, 2.45) is 0 Å². The number of carbonyl (C=O) groups is 3. The molecule has 0 bridgehead atoms. The summed E-state index contributed by atoms with van der Waals surface area (Å²) in [4.78, 5) is 45.8. The Hall–Kier alpha value is -5.65. The molecule has 1 aromatic heterocycles. The predicted octanol–water partition coefficient (Wildman–Crippen LogP) is 6.74. The second-order valence-corrected chi connectivity index (χ2v) is 8.65. The average molecular weight is 593 g/mol. The Morgan fingerprint density at radius 1 is 0.837 bits per heavy atom. The summed E-state index contributed by atoms with van der Waals surface area (Å²) in [5.74, 6) is -5.41. The number of ether oxygens (including phenoxy) is 3. The van der Waals surface area contributed by atoms with Gasteiger partial charge < -0.3 is 14.2 Å². The molecule has 4 rings (SSSR count). The molecule has 0 aliphatic rings. The van der Waals surface area contributed by atoms with E-state index in [0.717, 1.165) is 18.2 Å². The Labute approximate surface area is 241 Å². The highest BCUT2D eigenvalue weighted by Crippen LogP contribution is 2.30. The average Bonchev–Trinajstić information content (AvgIpc) is 2.99. The van der Waals surface area contributed by atoms with E-state index in [9.17, 15) is 31.9 Å². The Bertz CT molecular complexity index is 1700. The van der Waals surface area contributed by atoms with E-state index in [1.54, 1.807) is 12.1 Å². The Morgan fingerprint density at radius 2 is 1.49 bits per heavy atom. The SMILES string of the molecule is C=CCOC(=O)c1ccc(-c2ncc(OC(=O)c3cc(C(=O)OC(=C)C(F)(F)F)ccc3-c3ccccc3F)cn2)cc1. The van der Waals surface area contributed by atoms with Gasteiger partial charge in [-0.25, -0.2) is 28.7 Å². The van der Waals surface area contributed by atoms with Gasteiger partial charge >= 0.3 is 24.1 Å². The van der Waals surface area contributed by atoms with Crippen molar-refractivity contribution in [1.82, 2.24) is 9.97 Å². The number of benzene rings is 3. The third-order valence-corrected chi connectivity index (χ3v) is 5.72. The van der Waals surface area contributed by atoms with Gasteiger partial charge in [0.2, 0.25) is 5.76 Å². The molecule has 0 N–H and O–H groups in total. The smallest absolute Gasteiger partial charge is 0.449 e. The van der Waals surface area contributed by atoms with Crippen molar-refractivity contribution in [1.29, 1.82) is 0 Å². The number of nitrogens with zero attached hydrogens (tertiary/aromatic N) is 2. The molecule has 0 amide bonds. The zero-order valence-corrected chi connectivity index (χ0v) is 22.1. The predicted molar refractivity (Wildman–Crippen MR) is 145 cm³/mol. The molecule has 0 saturated carbocycles. The van der Waals surface area contributed by atoms with Crippen molar-refractivity contribution in [2.45, 2.75) is 6.18 Å². The largest absolute Gasteiger partial charge is 0.458 e. The topological polar surface area (TPSA) is 105 Å². The van der Waals surface area contributed by atoms with Crippen molar-refractivity contribution in [3.8, 4) is 28.3 Å². The van der Waals surface area contributed by atoms with Crippen molar-refractivity contribution >= 4 is 17.9 Å². The lowest BCUT2D eigenvalue weighted by molar-refractivity contribution is -0.122. The van der Waals surface area contributed by atoms with Crippen LogP contribution in [0.1, 0.15) is 31.1 Å². The van der Waals surface area contributed by atoms with Crippen LogP contribution >= 0.6 is 0 Å². The van der Waals surface area contributed by atoms with E-state index in [0.29, 0.717) is 11.1 Å². The number of hydrogen-bond donors (Lipinski definition) is 0. The van der Waals surface area contributed by atoms with Gasteiger partial charge in [-0.05, 0) is 35.9 Å². The van der Waals surface area contributed by atoms with Crippen LogP contribution < -0.4 is 4.74 Å². The molecule has 8 nitrogen and oxygen atoms in total. The van der Waals surface area contributed by atoms with E-state index < -0.39 is 41.2 Å². The van der Waals surface area contributed by atoms with Crippen LogP contribution in [0.2, 0.25) is 0 Å². The minimum Gasteiger partial charge on any atom is -0.458 e. The molecular formula is C31H20F4N2O6. The van der Waals surface area contributed by atoms with Gasteiger partial charge in [0.05, 0.1) is 29.1 Å². The van der Waals surface area contributed by atoms with E-state index in [-0.39, 0.29) is 34.9 Å². The Kier molecular flexibility index (Phi) is 9.09. The number of hydrogen-bond acceptors (Lipinski definition) is 8. The number of esters is 3. The molecule has 0 unspecified atom stereocenters.